The molecule has 0 radical (unpaired) electrons. The van der Waals surface area contributed by atoms with Gasteiger partial charge in [-0.05, 0) is 36.8 Å². The summed E-state index contributed by atoms with van der Waals surface area (Å²) in [6.45, 7) is 1.35. The zero-order valence-electron chi connectivity index (χ0n) is 15.8. The van der Waals surface area contributed by atoms with Gasteiger partial charge >= 0.3 is 11.9 Å². The highest BCUT2D eigenvalue weighted by atomic mass is 19.3. The predicted octanol–water partition coefficient (Wildman–Crippen LogP) is 5.83. The summed E-state index contributed by atoms with van der Waals surface area (Å²) in [4.78, 5) is 12.0. The molecule has 150 valence electrons. The highest BCUT2D eigenvalue weighted by Gasteiger charge is 2.50. The number of nitrogens with one attached hydrogen (secondary N) is 1. The first-order valence-electron chi connectivity index (χ1n) is 9.20. The van der Waals surface area contributed by atoms with Crippen LogP contribution >= 0.6 is 0 Å². The summed E-state index contributed by atoms with van der Waals surface area (Å²) in [6.07, 6.45) is 0. The minimum absolute atomic E-state index is 0.135. The van der Waals surface area contributed by atoms with Crippen LogP contribution in [0.25, 0.3) is 0 Å². The Morgan fingerprint density at radius 2 is 1.52 bits per heavy atom. The van der Waals surface area contributed by atoms with Gasteiger partial charge in [0.2, 0.25) is 0 Å². The van der Waals surface area contributed by atoms with Gasteiger partial charge in [-0.1, -0.05) is 60.7 Å². The van der Waals surface area contributed by atoms with Crippen LogP contribution in [-0.2, 0) is 9.53 Å². The van der Waals surface area contributed by atoms with E-state index in [4.69, 9.17) is 4.74 Å². The Balaban J connectivity index is 1.96. The zero-order chi connectivity index (χ0) is 20.7. The van der Waals surface area contributed by atoms with Crippen LogP contribution in [0.1, 0.15) is 18.5 Å². The molecule has 0 spiro atoms. The molecule has 4 nitrogen and oxygen atoms in total. The molecular formula is C23H21F2NO3. The lowest BCUT2D eigenvalue weighted by atomic mass is 10.00. The molecule has 1 atom stereocenters. The number of para-hydroxylation sites is 3. The van der Waals surface area contributed by atoms with Crippen LogP contribution in [0.15, 0.2) is 84.9 Å². The Labute approximate surface area is 168 Å². The van der Waals surface area contributed by atoms with Crippen molar-refractivity contribution in [2.75, 3.05) is 11.9 Å². The van der Waals surface area contributed by atoms with Gasteiger partial charge in [0, 0.05) is 0 Å². The van der Waals surface area contributed by atoms with Crippen molar-refractivity contribution in [3.63, 3.8) is 0 Å². The molecule has 0 bridgehead atoms. The summed E-state index contributed by atoms with van der Waals surface area (Å²) >= 11 is 0. The summed E-state index contributed by atoms with van der Waals surface area (Å²) < 4.78 is 40.5. The van der Waals surface area contributed by atoms with Crippen molar-refractivity contribution in [2.24, 2.45) is 0 Å². The highest BCUT2D eigenvalue weighted by Crippen LogP contribution is 2.39. The first kappa shape index (κ1) is 20.3. The molecule has 1 unspecified atom stereocenters. The van der Waals surface area contributed by atoms with Crippen molar-refractivity contribution in [2.45, 2.75) is 18.9 Å². The molecule has 3 aromatic carbocycles. The van der Waals surface area contributed by atoms with Gasteiger partial charge in [0.1, 0.15) is 11.8 Å². The number of carbonyl (C=O) groups is 1. The minimum atomic E-state index is -3.79. The number of hydrogen-bond acceptors (Lipinski definition) is 4. The van der Waals surface area contributed by atoms with Gasteiger partial charge in [0.15, 0.2) is 5.75 Å². The number of anilines is 1. The van der Waals surface area contributed by atoms with Gasteiger partial charge in [-0.15, -0.1) is 0 Å². The molecule has 0 saturated heterocycles. The van der Waals surface area contributed by atoms with Crippen LogP contribution in [0.4, 0.5) is 14.5 Å². The van der Waals surface area contributed by atoms with E-state index in [1.165, 1.54) is 19.1 Å². The number of benzene rings is 3. The van der Waals surface area contributed by atoms with Gasteiger partial charge in [-0.3, -0.25) is 0 Å². The third kappa shape index (κ3) is 4.90. The molecule has 1 N–H and O–H groups in total. The number of hydrogen-bond donors (Lipinski definition) is 1. The van der Waals surface area contributed by atoms with E-state index in [2.05, 4.69) is 10.1 Å². The van der Waals surface area contributed by atoms with Crippen LogP contribution < -0.4 is 10.1 Å². The third-order valence-electron chi connectivity index (χ3n) is 4.20. The first-order chi connectivity index (χ1) is 14.0. The maximum absolute atomic E-state index is 15.0. The van der Waals surface area contributed by atoms with Crippen molar-refractivity contribution < 1.29 is 23.0 Å². The maximum atomic E-state index is 15.0. The molecule has 3 rings (SSSR count). The molecule has 29 heavy (non-hydrogen) atoms. The Hall–Kier alpha value is -3.41. The van der Waals surface area contributed by atoms with Crippen molar-refractivity contribution >= 4 is 11.7 Å². The average molecular weight is 397 g/mol. The normalized spacial score (nSPS) is 12.1. The lowest BCUT2D eigenvalue weighted by Crippen LogP contribution is -2.41. The minimum Gasteiger partial charge on any atom is -0.461 e. The van der Waals surface area contributed by atoms with E-state index in [1.807, 2.05) is 18.2 Å². The number of alkyl halides is 2. The fourth-order valence-corrected chi connectivity index (χ4v) is 2.82. The standard InChI is InChI=1S/C23H21F2NO3/c1-2-28-22(27)23(24,25)21(17-11-5-3-6-12-17)26-19-15-9-10-16-20(19)29-18-13-7-4-8-14-18/h3-16,21,26H,2H2,1H3. The SMILES string of the molecule is CCOC(=O)C(F)(F)C(Nc1ccccc1Oc1ccccc1)c1ccccc1. The summed E-state index contributed by atoms with van der Waals surface area (Å²) in [7, 11) is 0. The molecule has 0 aromatic heterocycles. The molecule has 3 aromatic rings. The largest absolute Gasteiger partial charge is 0.461 e. The van der Waals surface area contributed by atoms with E-state index in [0.717, 1.165) is 0 Å². The van der Waals surface area contributed by atoms with Gasteiger partial charge in [-0.25, -0.2) is 4.79 Å². The van der Waals surface area contributed by atoms with Crippen molar-refractivity contribution in [3.05, 3.63) is 90.5 Å². The highest BCUT2D eigenvalue weighted by molar-refractivity contribution is 5.80. The molecule has 0 aliphatic heterocycles. The van der Waals surface area contributed by atoms with Gasteiger partial charge in [0.25, 0.3) is 0 Å². The monoisotopic (exact) mass is 397 g/mol. The zero-order valence-corrected chi connectivity index (χ0v) is 15.8. The molecule has 0 amide bonds. The van der Waals surface area contributed by atoms with E-state index >= 15 is 8.78 Å². The lowest BCUT2D eigenvalue weighted by Gasteiger charge is -2.28. The second-order valence-electron chi connectivity index (χ2n) is 6.24. The van der Waals surface area contributed by atoms with E-state index in [-0.39, 0.29) is 12.2 Å². The number of ether oxygens (including phenoxy) is 2. The molecule has 0 heterocycles. The second-order valence-corrected chi connectivity index (χ2v) is 6.24. The van der Waals surface area contributed by atoms with Crippen molar-refractivity contribution in [1.82, 2.24) is 0 Å². The van der Waals surface area contributed by atoms with Crippen LogP contribution in [0.2, 0.25) is 0 Å². The summed E-state index contributed by atoms with van der Waals surface area (Å²) in [5, 5.41) is 2.79. The quantitative estimate of drug-likeness (QED) is 0.486. The predicted molar refractivity (Wildman–Crippen MR) is 107 cm³/mol. The van der Waals surface area contributed by atoms with Crippen LogP contribution in [0.5, 0.6) is 11.5 Å². The summed E-state index contributed by atoms with van der Waals surface area (Å²) in [5.74, 6) is -4.45. The van der Waals surface area contributed by atoms with Crippen LogP contribution in [-0.4, -0.2) is 18.5 Å². The summed E-state index contributed by atoms with van der Waals surface area (Å²) in [5.41, 5.74) is 0.578. The molecular weight excluding hydrogens is 376 g/mol. The van der Waals surface area contributed by atoms with E-state index in [1.54, 1.807) is 54.6 Å². The first-order valence-corrected chi connectivity index (χ1v) is 9.20. The summed E-state index contributed by atoms with van der Waals surface area (Å²) in [6, 6.07) is 22.1. The van der Waals surface area contributed by atoms with Crippen molar-refractivity contribution in [1.29, 1.82) is 0 Å². The Bertz CT molecular complexity index is 933. The number of rotatable bonds is 8. The number of esters is 1. The third-order valence-corrected chi connectivity index (χ3v) is 4.20. The van der Waals surface area contributed by atoms with E-state index in [9.17, 15) is 4.79 Å². The van der Waals surface area contributed by atoms with Crippen molar-refractivity contribution in [3.8, 4) is 11.5 Å². The van der Waals surface area contributed by atoms with Crippen LogP contribution in [0, 0.1) is 0 Å². The Kier molecular flexibility index (Phi) is 6.44. The topological polar surface area (TPSA) is 47.6 Å². The van der Waals surface area contributed by atoms with E-state index < -0.39 is 17.9 Å². The number of halogens is 2. The van der Waals surface area contributed by atoms with Gasteiger partial charge in [0.05, 0.1) is 12.3 Å². The molecule has 6 heteroatoms. The fourth-order valence-electron chi connectivity index (χ4n) is 2.82. The van der Waals surface area contributed by atoms with E-state index in [0.29, 0.717) is 17.2 Å². The van der Waals surface area contributed by atoms with Crippen LogP contribution in [0.3, 0.4) is 0 Å². The molecule has 0 saturated carbocycles. The van der Waals surface area contributed by atoms with Gasteiger partial charge in [-0.2, -0.15) is 8.78 Å². The second kappa shape index (κ2) is 9.19. The fraction of sp³-hybridized carbons (Fsp3) is 0.174. The maximum Gasteiger partial charge on any atom is 0.379 e. The lowest BCUT2D eigenvalue weighted by molar-refractivity contribution is -0.173. The average Bonchev–Trinajstić information content (AvgIpc) is 2.74. The molecule has 0 aliphatic rings. The smallest absolute Gasteiger partial charge is 0.379 e. The number of carbonyl (C=O) groups excluding carboxylic acids is 1. The Morgan fingerprint density at radius 1 is 0.931 bits per heavy atom. The van der Waals surface area contributed by atoms with Gasteiger partial charge < -0.3 is 14.8 Å². The Morgan fingerprint density at radius 3 is 2.17 bits per heavy atom. The molecule has 0 aliphatic carbocycles. The molecule has 0 fully saturated rings.